The number of pyridine rings is 1. The summed E-state index contributed by atoms with van der Waals surface area (Å²) in [6.45, 7) is 13.8. The van der Waals surface area contributed by atoms with Gasteiger partial charge in [-0.1, -0.05) is 18.2 Å². The van der Waals surface area contributed by atoms with Gasteiger partial charge < -0.3 is 24.2 Å². The van der Waals surface area contributed by atoms with Gasteiger partial charge in [0.15, 0.2) is 11.8 Å². The van der Waals surface area contributed by atoms with Gasteiger partial charge in [0.1, 0.15) is 17.4 Å². The van der Waals surface area contributed by atoms with E-state index in [2.05, 4.69) is 34.7 Å². The Morgan fingerprint density at radius 1 is 1.15 bits per heavy atom. The second-order valence-electron chi connectivity index (χ2n) is 14.4. The molecule has 1 N–H and O–H groups in total. The molecule has 0 amide bonds. The molecule has 10 heteroatoms. The number of carbonyl (C=O) groups is 1. The van der Waals surface area contributed by atoms with E-state index in [0.29, 0.717) is 52.4 Å². The van der Waals surface area contributed by atoms with E-state index in [0.717, 1.165) is 54.6 Å². The highest BCUT2D eigenvalue weighted by molar-refractivity contribution is 9.10. The fourth-order valence-electron chi connectivity index (χ4n) is 6.78. The standard InChI is InChI=1S/C38H45BrFN3O5/c1-23-10-7-8-19-46-38(6)15-17-42(18-16-38)35-31(33(36(44)45)48-37(3,4)5)24(2)32(39)34-41-29(22-43(34)35)26-12-9-11-25(20-26)28-21-27(40)13-14-30(28)47-23/h9,11-14,20-23,33H,7-8,10,15-19H2,1-6H3,(H,44,45). The van der Waals surface area contributed by atoms with Gasteiger partial charge in [0.05, 0.1) is 27.5 Å². The number of aliphatic carboxylic acids is 1. The third-order valence-electron chi connectivity index (χ3n) is 9.38. The van der Waals surface area contributed by atoms with Crippen LogP contribution in [0.4, 0.5) is 10.2 Å². The van der Waals surface area contributed by atoms with Crippen LogP contribution in [0.2, 0.25) is 0 Å². The molecule has 0 radical (unpaired) electrons. The third-order valence-corrected chi connectivity index (χ3v) is 10.3. The molecule has 3 aliphatic heterocycles. The molecular formula is C38H45BrFN3O5. The van der Waals surface area contributed by atoms with Crippen LogP contribution in [-0.4, -0.2) is 57.5 Å². The molecule has 0 aliphatic carbocycles. The minimum absolute atomic E-state index is 0.0506. The van der Waals surface area contributed by atoms with Crippen molar-refractivity contribution in [2.45, 2.75) is 97.1 Å². The van der Waals surface area contributed by atoms with Crippen LogP contribution in [0, 0.1) is 12.7 Å². The molecule has 7 rings (SSSR count). The first-order valence-corrected chi connectivity index (χ1v) is 17.6. The molecule has 2 unspecified atom stereocenters. The number of ether oxygens (including phenoxy) is 3. The summed E-state index contributed by atoms with van der Waals surface area (Å²) < 4.78 is 36.5. The van der Waals surface area contributed by atoms with Crippen LogP contribution in [-0.2, 0) is 14.3 Å². The molecule has 8 nitrogen and oxygen atoms in total. The van der Waals surface area contributed by atoms with Crippen molar-refractivity contribution in [3.05, 3.63) is 70.1 Å². The van der Waals surface area contributed by atoms with E-state index >= 15 is 0 Å². The van der Waals surface area contributed by atoms with Crippen molar-refractivity contribution in [2.24, 2.45) is 0 Å². The van der Waals surface area contributed by atoms with Gasteiger partial charge in [-0.05, 0) is 125 Å². The summed E-state index contributed by atoms with van der Waals surface area (Å²) in [5.41, 5.74) is 4.05. The summed E-state index contributed by atoms with van der Waals surface area (Å²) in [6, 6.07) is 12.5. The lowest BCUT2D eigenvalue weighted by molar-refractivity contribution is -0.160. The van der Waals surface area contributed by atoms with Crippen LogP contribution in [0.3, 0.4) is 0 Å². The maximum atomic E-state index is 14.6. The summed E-state index contributed by atoms with van der Waals surface area (Å²) in [5, 5.41) is 10.6. The van der Waals surface area contributed by atoms with Gasteiger partial charge in [0.25, 0.3) is 0 Å². The minimum Gasteiger partial charge on any atom is -0.490 e. The van der Waals surface area contributed by atoms with Gasteiger partial charge in [-0.2, -0.15) is 0 Å². The molecular weight excluding hydrogens is 677 g/mol. The quantitative estimate of drug-likeness (QED) is 0.226. The number of benzene rings is 2. The molecule has 0 saturated carbocycles. The molecule has 6 bridgehead atoms. The van der Waals surface area contributed by atoms with Crippen LogP contribution < -0.4 is 9.64 Å². The van der Waals surface area contributed by atoms with Crippen molar-refractivity contribution in [1.82, 2.24) is 9.38 Å². The van der Waals surface area contributed by atoms with Gasteiger partial charge in [0.2, 0.25) is 0 Å². The van der Waals surface area contributed by atoms with E-state index in [1.807, 2.05) is 62.6 Å². The Morgan fingerprint density at radius 2 is 1.88 bits per heavy atom. The summed E-state index contributed by atoms with van der Waals surface area (Å²) in [7, 11) is 0. The summed E-state index contributed by atoms with van der Waals surface area (Å²) in [4.78, 5) is 20.3. The average Bonchev–Trinajstić information content (AvgIpc) is 3.48. The number of nitrogens with zero attached hydrogens (tertiary/aromatic N) is 3. The van der Waals surface area contributed by atoms with E-state index in [1.54, 1.807) is 6.07 Å². The van der Waals surface area contributed by atoms with E-state index in [-0.39, 0.29) is 17.5 Å². The Balaban J connectivity index is 1.56. The predicted molar refractivity (Wildman–Crippen MR) is 189 cm³/mol. The molecule has 48 heavy (non-hydrogen) atoms. The smallest absolute Gasteiger partial charge is 0.337 e. The third kappa shape index (κ3) is 7.12. The number of anilines is 1. The first-order valence-electron chi connectivity index (χ1n) is 16.8. The Morgan fingerprint density at radius 3 is 2.58 bits per heavy atom. The van der Waals surface area contributed by atoms with E-state index in [4.69, 9.17) is 19.2 Å². The molecule has 1 saturated heterocycles. The first kappa shape index (κ1) is 34.4. The maximum Gasteiger partial charge on any atom is 0.337 e. The number of fused-ring (bicyclic) bond motifs is 8. The highest BCUT2D eigenvalue weighted by atomic mass is 79.9. The lowest BCUT2D eigenvalue weighted by Crippen LogP contribution is -2.45. The van der Waals surface area contributed by atoms with Crippen LogP contribution in [0.15, 0.2) is 53.1 Å². The number of aromatic nitrogens is 2. The van der Waals surface area contributed by atoms with Crippen LogP contribution >= 0.6 is 15.9 Å². The lowest BCUT2D eigenvalue weighted by Gasteiger charge is -2.42. The molecule has 1 fully saturated rings. The fraction of sp³-hybridized carbons (Fsp3) is 0.474. The minimum atomic E-state index is -1.21. The number of imidazole rings is 1. The number of piperidine rings is 1. The lowest BCUT2D eigenvalue weighted by atomic mass is 9.92. The Kier molecular flexibility index (Phi) is 9.63. The van der Waals surface area contributed by atoms with Crippen molar-refractivity contribution in [1.29, 1.82) is 0 Å². The number of carboxylic acid groups (broad SMARTS) is 1. The van der Waals surface area contributed by atoms with Crippen LogP contribution in [0.1, 0.15) is 84.0 Å². The topological polar surface area (TPSA) is 85.5 Å². The highest BCUT2D eigenvalue weighted by Gasteiger charge is 2.38. The number of rotatable bonds is 3. The normalized spacial score (nSPS) is 21.2. The van der Waals surface area contributed by atoms with Crippen molar-refractivity contribution in [2.75, 3.05) is 24.6 Å². The van der Waals surface area contributed by atoms with Crippen molar-refractivity contribution in [3.8, 4) is 28.1 Å². The van der Waals surface area contributed by atoms with Gasteiger partial charge in [0, 0.05) is 42.6 Å². The Hall–Kier alpha value is -3.47. The van der Waals surface area contributed by atoms with Crippen LogP contribution in [0.5, 0.6) is 5.75 Å². The van der Waals surface area contributed by atoms with Gasteiger partial charge in [-0.15, -0.1) is 0 Å². The molecule has 2 aromatic carbocycles. The zero-order valence-electron chi connectivity index (χ0n) is 28.6. The monoisotopic (exact) mass is 721 g/mol. The molecule has 5 heterocycles. The number of hydrogen-bond acceptors (Lipinski definition) is 6. The summed E-state index contributed by atoms with van der Waals surface area (Å²) in [6.07, 6.45) is 4.98. The zero-order valence-corrected chi connectivity index (χ0v) is 30.2. The fourth-order valence-corrected chi connectivity index (χ4v) is 7.28. The largest absolute Gasteiger partial charge is 0.490 e. The zero-order chi connectivity index (χ0) is 34.4. The van der Waals surface area contributed by atoms with Crippen molar-refractivity contribution < 1.29 is 28.5 Å². The maximum absolute atomic E-state index is 14.6. The van der Waals surface area contributed by atoms with Gasteiger partial charge in [-0.3, -0.25) is 4.40 Å². The second-order valence-corrected chi connectivity index (χ2v) is 15.2. The number of hydrogen-bond donors (Lipinski definition) is 1. The molecule has 2 atom stereocenters. The summed E-state index contributed by atoms with van der Waals surface area (Å²) in [5.74, 6) is -0.0105. The highest BCUT2D eigenvalue weighted by Crippen LogP contribution is 2.43. The summed E-state index contributed by atoms with van der Waals surface area (Å²) >= 11 is 3.79. The predicted octanol–water partition coefficient (Wildman–Crippen LogP) is 9.15. The molecule has 3 aliphatic rings. The molecule has 2 aromatic heterocycles. The van der Waals surface area contributed by atoms with Crippen molar-refractivity contribution in [3.63, 3.8) is 0 Å². The number of carboxylic acids is 1. The van der Waals surface area contributed by atoms with E-state index in [9.17, 15) is 14.3 Å². The second kappa shape index (κ2) is 13.4. The van der Waals surface area contributed by atoms with Crippen molar-refractivity contribution >= 4 is 33.4 Å². The molecule has 256 valence electrons. The molecule has 0 spiro atoms. The average molecular weight is 723 g/mol. The Bertz CT molecular complexity index is 1830. The first-order chi connectivity index (χ1) is 22.7. The van der Waals surface area contributed by atoms with Crippen LogP contribution in [0.25, 0.3) is 28.0 Å². The molecule has 4 aromatic rings. The Labute approximate surface area is 290 Å². The van der Waals surface area contributed by atoms with E-state index < -0.39 is 17.7 Å². The van der Waals surface area contributed by atoms with Gasteiger partial charge >= 0.3 is 5.97 Å². The number of halogens is 2. The van der Waals surface area contributed by atoms with E-state index in [1.165, 1.54) is 12.1 Å². The van der Waals surface area contributed by atoms with Gasteiger partial charge in [-0.25, -0.2) is 14.2 Å². The SMILES string of the molecule is Cc1c(C(OC(C)(C)C)C(=O)O)c2n3cc(nc3c1Br)-c1cccc(c1)-c1cc(F)ccc1OC(C)CCCCOC1(C)CCN2CC1.